The fourth-order valence-corrected chi connectivity index (χ4v) is 1.75. The van der Waals surface area contributed by atoms with Gasteiger partial charge in [-0.25, -0.2) is 0 Å². The quantitative estimate of drug-likeness (QED) is 0.710. The molecule has 16 heavy (non-hydrogen) atoms. The summed E-state index contributed by atoms with van der Waals surface area (Å²) in [4.78, 5) is 11.8. The van der Waals surface area contributed by atoms with Gasteiger partial charge >= 0.3 is 5.97 Å². The molecule has 0 N–H and O–H groups in total. The number of benzene rings is 1. The summed E-state index contributed by atoms with van der Waals surface area (Å²) in [6.45, 7) is 6.42. The van der Waals surface area contributed by atoms with Gasteiger partial charge in [0.1, 0.15) is 0 Å². The first-order chi connectivity index (χ1) is 7.69. The molecule has 0 amide bonds. The van der Waals surface area contributed by atoms with Crippen molar-refractivity contribution in [2.45, 2.75) is 39.5 Å². The standard InChI is InChI=1S/C14H20O2/c1-4-6-13(14(15)16-5-2)12-9-7-11(3)8-10-12/h7-10,13H,4-6H2,1-3H3. The molecule has 0 heterocycles. The van der Waals surface area contributed by atoms with Crippen LogP contribution in [0.5, 0.6) is 0 Å². The van der Waals surface area contributed by atoms with Crippen molar-refractivity contribution in [3.63, 3.8) is 0 Å². The number of carbonyl (C=O) groups excluding carboxylic acids is 1. The minimum atomic E-state index is -0.106. The van der Waals surface area contributed by atoms with Crippen LogP contribution in [0.15, 0.2) is 24.3 Å². The second-order valence-corrected chi connectivity index (χ2v) is 4.00. The fourth-order valence-electron chi connectivity index (χ4n) is 1.75. The molecule has 0 aromatic heterocycles. The summed E-state index contributed by atoms with van der Waals surface area (Å²) in [5, 5.41) is 0. The maximum atomic E-state index is 11.8. The van der Waals surface area contributed by atoms with Gasteiger partial charge < -0.3 is 4.74 Å². The van der Waals surface area contributed by atoms with Gasteiger partial charge in [0.25, 0.3) is 0 Å². The van der Waals surface area contributed by atoms with E-state index in [-0.39, 0.29) is 11.9 Å². The molecule has 1 aromatic carbocycles. The Labute approximate surface area is 97.6 Å². The minimum absolute atomic E-state index is 0.104. The van der Waals surface area contributed by atoms with Crippen molar-refractivity contribution in [3.8, 4) is 0 Å². The maximum Gasteiger partial charge on any atom is 0.313 e. The molecular weight excluding hydrogens is 200 g/mol. The predicted molar refractivity (Wildman–Crippen MR) is 65.5 cm³/mol. The Balaban J connectivity index is 2.84. The van der Waals surface area contributed by atoms with E-state index < -0.39 is 0 Å². The lowest BCUT2D eigenvalue weighted by molar-refractivity contribution is -0.145. The van der Waals surface area contributed by atoms with E-state index >= 15 is 0 Å². The molecule has 2 nitrogen and oxygen atoms in total. The Bertz CT molecular complexity index is 327. The average molecular weight is 220 g/mol. The molecule has 0 aliphatic carbocycles. The number of hydrogen-bond acceptors (Lipinski definition) is 2. The third-order valence-corrected chi connectivity index (χ3v) is 2.63. The molecule has 0 radical (unpaired) electrons. The van der Waals surface area contributed by atoms with Crippen molar-refractivity contribution in [2.75, 3.05) is 6.61 Å². The summed E-state index contributed by atoms with van der Waals surface area (Å²) in [7, 11) is 0. The zero-order valence-electron chi connectivity index (χ0n) is 10.3. The van der Waals surface area contributed by atoms with Crippen LogP contribution < -0.4 is 0 Å². The summed E-state index contributed by atoms with van der Waals surface area (Å²) in [6.07, 6.45) is 1.83. The Kier molecular flexibility index (Phi) is 5.03. The number of esters is 1. The van der Waals surface area contributed by atoms with Gasteiger partial charge in [0, 0.05) is 0 Å². The molecule has 1 atom stereocenters. The van der Waals surface area contributed by atoms with Crippen LogP contribution in [0.4, 0.5) is 0 Å². The molecule has 1 rings (SSSR count). The van der Waals surface area contributed by atoms with E-state index in [0.29, 0.717) is 6.61 Å². The maximum absolute atomic E-state index is 11.8. The molecule has 0 saturated carbocycles. The summed E-state index contributed by atoms with van der Waals surface area (Å²) in [6, 6.07) is 8.12. The van der Waals surface area contributed by atoms with Gasteiger partial charge in [-0.1, -0.05) is 43.2 Å². The molecule has 0 fully saturated rings. The molecule has 88 valence electrons. The van der Waals surface area contributed by atoms with Crippen LogP contribution in [0, 0.1) is 6.92 Å². The lowest BCUT2D eigenvalue weighted by Crippen LogP contribution is -2.15. The third kappa shape index (κ3) is 3.37. The Morgan fingerprint density at radius 1 is 1.25 bits per heavy atom. The highest BCUT2D eigenvalue weighted by atomic mass is 16.5. The van der Waals surface area contributed by atoms with E-state index in [0.717, 1.165) is 18.4 Å². The summed E-state index contributed by atoms with van der Waals surface area (Å²) in [5.74, 6) is -0.209. The number of hydrogen-bond donors (Lipinski definition) is 0. The van der Waals surface area contributed by atoms with Gasteiger partial charge in [-0.15, -0.1) is 0 Å². The SMILES string of the molecule is CCCC(C(=O)OCC)c1ccc(C)cc1. The number of rotatable bonds is 5. The molecule has 1 aromatic rings. The van der Waals surface area contributed by atoms with E-state index in [9.17, 15) is 4.79 Å². The highest BCUT2D eigenvalue weighted by molar-refractivity contribution is 5.78. The Morgan fingerprint density at radius 3 is 2.38 bits per heavy atom. The van der Waals surface area contributed by atoms with Gasteiger partial charge in [0.2, 0.25) is 0 Å². The molecule has 0 bridgehead atoms. The van der Waals surface area contributed by atoms with E-state index in [1.807, 2.05) is 38.1 Å². The molecule has 2 heteroatoms. The second-order valence-electron chi connectivity index (χ2n) is 4.00. The Morgan fingerprint density at radius 2 is 1.88 bits per heavy atom. The van der Waals surface area contributed by atoms with Crippen LogP contribution in [0.1, 0.15) is 43.7 Å². The van der Waals surface area contributed by atoms with Gasteiger partial charge in [0.15, 0.2) is 0 Å². The van der Waals surface area contributed by atoms with Crippen LogP contribution in [0.2, 0.25) is 0 Å². The van der Waals surface area contributed by atoms with Crippen LogP contribution >= 0.6 is 0 Å². The number of aryl methyl sites for hydroxylation is 1. The van der Waals surface area contributed by atoms with Gasteiger partial charge in [-0.2, -0.15) is 0 Å². The lowest BCUT2D eigenvalue weighted by atomic mass is 9.94. The predicted octanol–water partition coefficient (Wildman–Crippen LogP) is 3.44. The summed E-state index contributed by atoms with van der Waals surface area (Å²) >= 11 is 0. The highest BCUT2D eigenvalue weighted by Gasteiger charge is 2.20. The van der Waals surface area contributed by atoms with Crippen molar-refractivity contribution in [1.29, 1.82) is 0 Å². The van der Waals surface area contributed by atoms with Crippen molar-refractivity contribution in [2.24, 2.45) is 0 Å². The lowest BCUT2D eigenvalue weighted by Gasteiger charge is -2.15. The van der Waals surface area contributed by atoms with Crippen molar-refractivity contribution in [1.82, 2.24) is 0 Å². The summed E-state index contributed by atoms with van der Waals surface area (Å²) in [5.41, 5.74) is 2.27. The second kappa shape index (κ2) is 6.31. The first-order valence-electron chi connectivity index (χ1n) is 5.92. The normalized spacial score (nSPS) is 12.2. The molecule has 0 aliphatic rings. The van der Waals surface area contributed by atoms with Crippen LogP contribution in [0.25, 0.3) is 0 Å². The minimum Gasteiger partial charge on any atom is -0.466 e. The fraction of sp³-hybridized carbons (Fsp3) is 0.500. The van der Waals surface area contributed by atoms with Crippen LogP contribution in [0.3, 0.4) is 0 Å². The molecule has 0 spiro atoms. The van der Waals surface area contributed by atoms with Crippen molar-refractivity contribution >= 4 is 5.97 Å². The molecule has 0 aliphatic heterocycles. The van der Waals surface area contributed by atoms with Gasteiger partial charge in [-0.05, 0) is 25.8 Å². The monoisotopic (exact) mass is 220 g/mol. The molecule has 1 unspecified atom stereocenters. The van der Waals surface area contributed by atoms with Crippen LogP contribution in [-0.4, -0.2) is 12.6 Å². The van der Waals surface area contributed by atoms with E-state index in [4.69, 9.17) is 4.74 Å². The zero-order chi connectivity index (χ0) is 12.0. The van der Waals surface area contributed by atoms with Gasteiger partial charge in [0.05, 0.1) is 12.5 Å². The smallest absolute Gasteiger partial charge is 0.313 e. The van der Waals surface area contributed by atoms with Crippen molar-refractivity contribution < 1.29 is 9.53 Å². The molecule has 0 saturated heterocycles. The molecular formula is C14H20O2. The largest absolute Gasteiger partial charge is 0.466 e. The highest BCUT2D eigenvalue weighted by Crippen LogP contribution is 2.23. The van der Waals surface area contributed by atoms with E-state index in [1.54, 1.807) is 0 Å². The number of ether oxygens (including phenoxy) is 1. The number of carbonyl (C=O) groups is 1. The van der Waals surface area contributed by atoms with Gasteiger partial charge in [-0.3, -0.25) is 4.79 Å². The van der Waals surface area contributed by atoms with Crippen LogP contribution in [-0.2, 0) is 9.53 Å². The topological polar surface area (TPSA) is 26.3 Å². The average Bonchev–Trinajstić information content (AvgIpc) is 2.28. The Hall–Kier alpha value is -1.31. The zero-order valence-corrected chi connectivity index (χ0v) is 10.3. The third-order valence-electron chi connectivity index (χ3n) is 2.63. The first-order valence-corrected chi connectivity index (χ1v) is 5.92. The first kappa shape index (κ1) is 12.8. The summed E-state index contributed by atoms with van der Waals surface area (Å²) < 4.78 is 5.10. The van der Waals surface area contributed by atoms with E-state index in [1.165, 1.54) is 5.56 Å². The van der Waals surface area contributed by atoms with Crippen molar-refractivity contribution in [3.05, 3.63) is 35.4 Å². The van der Waals surface area contributed by atoms with E-state index in [2.05, 4.69) is 6.92 Å².